The summed E-state index contributed by atoms with van der Waals surface area (Å²) < 4.78 is 27.9. The van der Waals surface area contributed by atoms with Gasteiger partial charge in [0.05, 0.1) is 0 Å². The number of hydrogen-bond acceptors (Lipinski definition) is 2. The Morgan fingerprint density at radius 3 is 1.50 bits per heavy atom. The van der Waals surface area contributed by atoms with Crippen LogP contribution in [0, 0.1) is 0 Å². The van der Waals surface area contributed by atoms with Gasteiger partial charge in [0.2, 0.25) is 0 Å². The molecule has 0 aliphatic rings. The number of hydrogen-bond donors (Lipinski definition) is 1. The van der Waals surface area contributed by atoms with Gasteiger partial charge in [-0.3, -0.25) is 4.70 Å². The van der Waals surface area contributed by atoms with Gasteiger partial charge in [-0.25, -0.2) is 5.14 Å². The van der Waals surface area contributed by atoms with E-state index in [1.54, 1.807) is 0 Å². The van der Waals surface area contributed by atoms with Crippen molar-refractivity contribution in [2.45, 2.75) is 0 Å². The maximum Gasteiger partial charge on any atom is 0.369 e. The quantitative estimate of drug-likeness (QED) is 0.429. The highest BCUT2D eigenvalue weighted by Crippen LogP contribution is 1.67. The third-order valence-electron chi connectivity index (χ3n) is 0. The lowest BCUT2D eigenvalue weighted by molar-refractivity contribution is 0.554. The third kappa shape index (κ3) is 547. The smallest absolute Gasteiger partial charge is 0.269 e. The number of halogens is 2. The van der Waals surface area contributed by atoms with Crippen molar-refractivity contribution >= 4 is 10.4 Å². The molecule has 0 bridgehead atoms. The van der Waals surface area contributed by atoms with Crippen molar-refractivity contribution in [3.05, 3.63) is 0 Å². The average molecular weight is 119 g/mol. The molecule has 0 aromatic carbocycles. The van der Waals surface area contributed by atoms with Gasteiger partial charge >= 0.3 is 10.4 Å². The van der Waals surface area contributed by atoms with Crippen LogP contribution in [0.1, 0.15) is 0 Å². The van der Waals surface area contributed by atoms with Crippen molar-refractivity contribution in [1.82, 2.24) is 0 Å². The van der Waals surface area contributed by atoms with Crippen molar-refractivity contribution in [3.63, 3.8) is 0 Å². The first-order chi connectivity index (χ1) is 2.00. The van der Waals surface area contributed by atoms with E-state index in [-0.39, 0.29) is 4.70 Å². The molecule has 0 spiro atoms. The molecule has 0 atom stereocenters. The van der Waals surface area contributed by atoms with Gasteiger partial charge in [-0.1, -0.05) is 3.89 Å². The summed E-state index contributed by atoms with van der Waals surface area (Å²) in [5, 5.41) is 3.66. The zero-order valence-electron chi connectivity index (χ0n) is 2.59. The van der Waals surface area contributed by atoms with Crippen molar-refractivity contribution in [3.8, 4) is 0 Å². The summed E-state index contributed by atoms with van der Waals surface area (Å²) in [6, 6.07) is 0. The summed E-state index contributed by atoms with van der Waals surface area (Å²) in [6.07, 6.45) is 0. The molecule has 6 heteroatoms. The normalized spacial score (nSPS) is 9.67. The molecule has 0 heterocycles. The fraction of sp³-hybridized carbons (Fsp3) is 0. The minimum absolute atomic E-state index is 0. The van der Waals surface area contributed by atoms with Crippen molar-refractivity contribution in [1.29, 1.82) is 0 Å². The fourth-order valence-corrected chi connectivity index (χ4v) is 0. The molecular formula is H3F2NO2S. The topological polar surface area (TPSA) is 60.2 Å². The first kappa shape index (κ1) is 9.24. The van der Waals surface area contributed by atoms with E-state index < -0.39 is 10.4 Å². The Balaban J connectivity index is 0. The largest absolute Gasteiger partial charge is 0.369 e. The molecule has 0 saturated heterocycles. The van der Waals surface area contributed by atoms with Gasteiger partial charge in [0.1, 0.15) is 0 Å². The van der Waals surface area contributed by atoms with Gasteiger partial charge in [-0.2, -0.15) is 8.42 Å². The summed E-state index contributed by atoms with van der Waals surface area (Å²) >= 11 is 0. The van der Waals surface area contributed by atoms with Crippen molar-refractivity contribution in [2.24, 2.45) is 5.14 Å². The lowest BCUT2D eigenvalue weighted by atomic mass is 13.9. The van der Waals surface area contributed by atoms with Crippen LogP contribution in [0.5, 0.6) is 0 Å². The molecule has 6 heavy (non-hydrogen) atoms. The van der Waals surface area contributed by atoms with Crippen LogP contribution < -0.4 is 5.14 Å². The van der Waals surface area contributed by atoms with Gasteiger partial charge < -0.3 is 0 Å². The molecule has 0 radical (unpaired) electrons. The fourth-order valence-electron chi connectivity index (χ4n) is 0. The molecule has 0 unspecified atom stereocenters. The van der Waals surface area contributed by atoms with Crippen LogP contribution in [-0.2, 0) is 10.4 Å². The molecule has 0 aromatic heterocycles. The molecule has 0 fully saturated rings. The monoisotopic (exact) mass is 119 g/mol. The zero-order chi connectivity index (χ0) is 4.50. The highest BCUT2D eigenvalue weighted by molar-refractivity contribution is 7.83. The molecule has 0 amide bonds. The summed E-state index contributed by atoms with van der Waals surface area (Å²) in [6.45, 7) is 0. The summed E-state index contributed by atoms with van der Waals surface area (Å²) in [5.41, 5.74) is 0. The second kappa shape index (κ2) is 2.04. The minimum Gasteiger partial charge on any atom is -0.269 e. The Hall–Kier alpha value is -0.230. The predicted molar refractivity (Wildman–Crippen MR) is 16.7 cm³/mol. The molecule has 0 aromatic rings. The average Bonchev–Trinajstić information content (AvgIpc) is 0.722. The van der Waals surface area contributed by atoms with E-state index in [0.29, 0.717) is 0 Å². The van der Waals surface area contributed by atoms with Gasteiger partial charge in [0.25, 0.3) is 0 Å². The predicted octanol–water partition coefficient (Wildman–Crippen LogP) is -0.688. The molecule has 0 aliphatic carbocycles. The van der Waals surface area contributed by atoms with Gasteiger partial charge in [-0.05, 0) is 0 Å². The molecule has 0 aliphatic heterocycles. The van der Waals surface area contributed by atoms with Crippen LogP contribution in [0.15, 0.2) is 0 Å². The molecule has 0 rings (SSSR count). The number of nitrogens with two attached hydrogens (primary N) is 1. The Morgan fingerprint density at radius 1 is 1.50 bits per heavy atom. The van der Waals surface area contributed by atoms with Crippen LogP contribution >= 0.6 is 0 Å². The lowest BCUT2D eigenvalue weighted by Crippen LogP contribution is -2.01. The molecule has 2 N–H and O–H groups in total. The Kier molecular flexibility index (Phi) is 3.13. The van der Waals surface area contributed by atoms with E-state index in [9.17, 15) is 3.89 Å². The summed E-state index contributed by atoms with van der Waals surface area (Å²) in [4.78, 5) is 0. The van der Waals surface area contributed by atoms with Crippen LogP contribution in [0.3, 0.4) is 0 Å². The van der Waals surface area contributed by atoms with E-state index in [2.05, 4.69) is 5.14 Å². The van der Waals surface area contributed by atoms with E-state index in [0.717, 1.165) is 0 Å². The van der Waals surface area contributed by atoms with E-state index in [1.807, 2.05) is 0 Å². The third-order valence-corrected chi connectivity index (χ3v) is 0. The van der Waals surface area contributed by atoms with Crippen LogP contribution in [-0.4, -0.2) is 8.42 Å². The number of rotatable bonds is 0. The van der Waals surface area contributed by atoms with Gasteiger partial charge in [0.15, 0.2) is 0 Å². The standard InChI is InChI=1S/FH2NO2S.FH/c1-5(2,3)4;/h(H2,2,3,4);1H. The van der Waals surface area contributed by atoms with E-state index in [4.69, 9.17) is 8.42 Å². The second-order valence-electron chi connectivity index (χ2n) is 0.476. The molecule has 0 saturated carbocycles. The molecular weight excluding hydrogens is 116 g/mol. The Morgan fingerprint density at radius 2 is 1.50 bits per heavy atom. The highest BCUT2D eigenvalue weighted by atomic mass is 32.3. The van der Waals surface area contributed by atoms with Crippen LogP contribution in [0.2, 0.25) is 0 Å². The van der Waals surface area contributed by atoms with Gasteiger partial charge in [-0.15, -0.1) is 0 Å². The summed E-state index contributed by atoms with van der Waals surface area (Å²) in [5.74, 6) is 0. The van der Waals surface area contributed by atoms with Crippen molar-refractivity contribution in [2.75, 3.05) is 0 Å². The van der Waals surface area contributed by atoms with E-state index in [1.165, 1.54) is 0 Å². The lowest BCUT2D eigenvalue weighted by Gasteiger charge is -1.64. The van der Waals surface area contributed by atoms with E-state index >= 15 is 0 Å². The minimum atomic E-state index is -4.67. The first-order valence-corrected chi connectivity index (χ1v) is 2.17. The first-order valence-electron chi connectivity index (χ1n) is 0.723. The maximum absolute atomic E-state index is 10.4. The molecule has 3 nitrogen and oxygen atoms in total. The van der Waals surface area contributed by atoms with Crippen molar-refractivity contribution < 1.29 is 17.0 Å². The maximum atomic E-state index is 10.4. The van der Waals surface area contributed by atoms with Gasteiger partial charge in [0, 0.05) is 0 Å². The Labute approximate surface area is 33.7 Å². The van der Waals surface area contributed by atoms with Crippen LogP contribution in [0.25, 0.3) is 0 Å². The summed E-state index contributed by atoms with van der Waals surface area (Å²) in [7, 11) is -4.67. The highest BCUT2D eigenvalue weighted by Gasteiger charge is 1.86. The zero-order valence-corrected chi connectivity index (χ0v) is 3.40. The Bertz CT molecular complexity index is 94.7. The second-order valence-corrected chi connectivity index (χ2v) is 1.43. The SMILES string of the molecule is F.NS(=O)(=O)F. The molecule has 40 valence electrons. The van der Waals surface area contributed by atoms with Crippen LogP contribution in [0.4, 0.5) is 8.59 Å².